The fraction of sp³-hybridized carbons (Fsp3) is 0.647. The zero-order chi connectivity index (χ0) is 15.0. The molecule has 2 nitrogen and oxygen atoms in total. The Balaban J connectivity index is 2.35. The molecule has 1 atom stereocenters. The Hall–Kier alpha value is -0.540. The van der Waals surface area contributed by atoms with Crippen molar-refractivity contribution in [2.24, 2.45) is 11.1 Å². The maximum Gasteiger partial charge on any atom is 0.0546 e. The van der Waals surface area contributed by atoms with Crippen molar-refractivity contribution < 1.29 is 0 Å². The van der Waals surface area contributed by atoms with E-state index in [1.54, 1.807) is 0 Å². The van der Waals surface area contributed by atoms with Gasteiger partial charge in [0.15, 0.2) is 0 Å². The van der Waals surface area contributed by atoms with Crippen molar-refractivity contribution in [1.82, 2.24) is 0 Å². The average molecular weight is 339 g/mol. The van der Waals surface area contributed by atoms with E-state index < -0.39 is 0 Å². The van der Waals surface area contributed by atoms with Gasteiger partial charge < -0.3 is 11.1 Å². The van der Waals surface area contributed by atoms with Crippen molar-refractivity contribution in [3.8, 4) is 0 Å². The average Bonchev–Trinajstić information content (AvgIpc) is 2.38. The summed E-state index contributed by atoms with van der Waals surface area (Å²) in [6.45, 7) is 9.68. The van der Waals surface area contributed by atoms with Crippen LogP contribution < -0.4 is 11.1 Å². The number of benzene rings is 1. The molecular weight excluding hydrogens is 312 g/mol. The molecule has 0 radical (unpaired) electrons. The number of nitrogens with two attached hydrogens (primary N) is 1. The van der Waals surface area contributed by atoms with E-state index in [2.05, 4.69) is 61.1 Å². The number of aryl methyl sites for hydroxylation is 2. The molecule has 1 saturated carbocycles. The molecule has 1 unspecified atom stereocenters. The third kappa shape index (κ3) is 2.75. The Morgan fingerprint density at radius 2 is 1.70 bits per heavy atom. The Bertz CT molecular complexity index is 473. The summed E-state index contributed by atoms with van der Waals surface area (Å²) >= 11 is 3.64. The van der Waals surface area contributed by atoms with Crippen LogP contribution in [0.5, 0.6) is 0 Å². The van der Waals surface area contributed by atoms with Gasteiger partial charge in [-0.25, -0.2) is 0 Å². The third-order valence-corrected chi connectivity index (χ3v) is 6.37. The quantitative estimate of drug-likeness (QED) is 0.832. The summed E-state index contributed by atoms with van der Waals surface area (Å²) in [5.41, 5.74) is 10.2. The van der Waals surface area contributed by atoms with Gasteiger partial charge in [0.05, 0.1) is 5.54 Å². The fourth-order valence-corrected chi connectivity index (χ4v) is 3.76. The lowest BCUT2D eigenvalue weighted by atomic mass is 9.63. The smallest absolute Gasteiger partial charge is 0.0546 e. The van der Waals surface area contributed by atoms with Gasteiger partial charge >= 0.3 is 0 Å². The van der Waals surface area contributed by atoms with Gasteiger partial charge in [-0.05, 0) is 55.4 Å². The highest BCUT2D eigenvalue weighted by molar-refractivity contribution is 9.10. The lowest BCUT2D eigenvalue weighted by molar-refractivity contribution is 0.125. The molecule has 0 aromatic heterocycles. The molecule has 0 saturated heterocycles. The number of hydrogen-bond donors (Lipinski definition) is 2. The maximum absolute atomic E-state index is 6.20. The summed E-state index contributed by atoms with van der Waals surface area (Å²) in [6, 6.07) is 4.44. The molecule has 3 heteroatoms. The van der Waals surface area contributed by atoms with Gasteiger partial charge in [0, 0.05) is 16.7 Å². The van der Waals surface area contributed by atoms with E-state index in [1.165, 1.54) is 40.5 Å². The largest absolute Gasteiger partial charge is 0.378 e. The van der Waals surface area contributed by atoms with E-state index in [4.69, 9.17) is 5.73 Å². The number of anilines is 1. The monoisotopic (exact) mass is 338 g/mol. The Morgan fingerprint density at radius 3 is 2.20 bits per heavy atom. The highest BCUT2D eigenvalue weighted by Crippen LogP contribution is 2.45. The SMILES string of the molecule is Cc1cc(NC2(CN)CCCCC2(C)C)cc(C)c1Br. The van der Waals surface area contributed by atoms with Crippen LogP contribution in [0.25, 0.3) is 0 Å². The van der Waals surface area contributed by atoms with Crippen LogP contribution in [0.3, 0.4) is 0 Å². The molecule has 1 aliphatic rings. The number of hydrogen-bond acceptors (Lipinski definition) is 2. The lowest BCUT2D eigenvalue weighted by Crippen LogP contribution is -2.58. The van der Waals surface area contributed by atoms with Gasteiger partial charge in [0.2, 0.25) is 0 Å². The summed E-state index contributed by atoms with van der Waals surface area (Å²) in [5, 5.41) is 3.80. The van der Waals surface area contributed by atoms with E-state index in [0.29, 0.717) is 6.54 Å². The minimum atomic E-state index is 0.0119. The Kier molecular flexibility index (Phi) is 4.50. The summed E-state index contributed by atoms with van der Waals surface area (Å²) in [5.74, 6) is 0. The standard InChI is InChI=1S/C17H27BrN2/c1-12-9-14(10-13(2)15(12)18)20-17(11-19)8-6-5-7-16(17,3)4/h9-10,20H,5-8,11,19H2,1-4H3. The number of halogens is 1. The minimum absolute atomic E-state index is 0.0119. The van der Waals surface area contributed by atoms with Crippen molar-refractivity contribution >= 4 is 21.6 Å². The van der Waals surface area contributed by atoms with E-state index in [1.807, 2.05) is 0 Å². The summed E-state index contributed by atoms with van der Waals surface area (Å²) in [6.07, 6.45) is 4.98. The van der Waals surface area contributed by atoms with Gasteiger partial charge in [0.25, 0.3) is 0 Å². The highest BCUT2D eigenvalue weighted by atomic mass is 79.9. The second-order valence-corrected chi connectivity index (χ2v) is 7.72. The van der Waals surface area contributed by atoms with Crippen LogP contribution in [0, 0.1) is 19.3 Å². The van der Waals surface area contributed by atoms with Crippen LogP contribution in [-0.2, 0) is 0 Å². The van der Waals surface area contributed by atoms with Gasteiger partial charge in [-0.2, -0.15) is 0 Å². The van der Waals surface area contributed by atoms with E-state index in [9.17, 15) is 0 Å². The molecule has 2 rings (SSSR count). The lowest BCUT2D eigenvalue weighted by Gasteiger charge is -2.51. The molecule has 0 aliphatic heterocycles. The second kappa shape index (κ2) is 5.69. The zero-order valence-corrected chi connectivity index (χ0v) is 14.7. The van der Waals surface area contributed by atoms with Crippen LogP contribution in [0.2, 0.25) is 0 Å². The summed E-state index contributed by atoms with van der Waals surface area (Å²) in [7, 11) is 0. The zero-order valence-electron chi connectivity index (χ0n) is 13.1. The highest BCUT2D eigenvalue weighted by Gasteiger charge is 2.45. The topological polar surface area (TPSA) is 38.0 Å². The van der Waals surface area contributed by atoms with Crippen molar-refractivity contribution in [2.75, 3.05) is 11.9 Å². The first-order chi connectivity index (χ1) is 9.31. The predicted octanol–water partition coefficient (Wildman–Crippen LogP) is 4.78. The second-order valence-electron chi connectivity index (χ2n) is 6.93. The van der Waals surface area contributed by atoms with Gasteiger partial charge in [-0.15, -0.1) is 0 Å². The van der Waals surface area contributed by atoms with Crippen LogP contribution in [0.1, 0.15) is 50.7 Å². The molecule has 1 aromatic rings. The molecule has 1 fully saturated rings. The van der Waals surface area contributed by atoms with E-state index in [0.717, 1.165) is 6.42 Å². The van der Waals surface area contributed by atoms with Crippen LogP contribution in [-0.4, -0.2) is 12.1 Å². The van der Waals surface area contributed by atoms with E-state index in [-0.39, 0.29) is 11.0 Å². The summed E-state index contributed by atoms with van der Waals surface area (Å²) in [4.78, 5) is 0. The van der Waals surface area contributed by atoms with Crippen LogP contribution in [0.4, 0.5) is 5.69 Å². The first-order valence-electron chi connectivity index (χ1n) is 7.56. The first-order valence-corrected chi connectivity index (χ1v) is 8.36. The molecule has 0 spiro atoms. The van der Waals surface area contributed by atoms with Gasteiger partial charge in [-0.3, -0.25) is 0 Å². The minimum Gasteiger partial charge on any atom is -0.378 e. The van der Waals surface area contributed by atoms with Crippen molar-refractivity contribution in [3.63, 3.8) is 0 Å². The Labute approximate surface area is 131 Å². The predicted molar refractivity (Wildman–Crippen MR) is 91.3 cm³/mol. The third-order valence-electron chi connectivity index (χ3n) is 5.12. The van der Waals surface area contributed by atoms with Crippen molar-refractivity contribution in [3.05, 3.63) is 27.7 Å². The molecule has 0 heterocycles. The molecule has 3 N–H and O–H groups in total. The van der Waals surface area contributed by atoms with Crippen LogP contribution in [0.15, 0.2) is 16.6 Å². The molecule has 1 aliphatic carbocycles. The van der Waals surface area contributed by atoms with Crippen molar-refractivity contribution in [1.29, 1.82) is 0 Å². The molecule has 0 bridgehead atoms. The first kappa shape index (κ1) is 15.8. The molecule has 20 heavy (non-hydrogen) atoms. The molecular formula is C17H27BrN2. The normalized spacial score (nSPS) is 25.5. The van der Waals surface area contributed by atoms with Gasteiger partial charge in [0.1, 0.15) is 0 Å². The number of rotatable bonds is 3. The van der Waals surface area contributed by atoms with Crippen LogP contribution >= 0.6 is 15.9 Å². The molecule has 1 aromatic carbocycles. The maximum atomic E-state index is 6.20. The van der Waals surface area contributed by atoms with E-state index >= 15 is 0 Å². The molecule has 112 valence electrons. The van der Waals surface area contributed by atoms with Gasteiger partial charge in [-0.1, -0.05) is 42.6 Å². The Morgan fingerprint density at radius 1 is 1.15 bits per heavy atom. The molecule has 0 amide bonds. The summed E-state index contributed by atoms with van der Waals surface area (Å²) < 4.78 is 1.20. The fourth-order valence-electron chi connectivity index (χ4n) is 3.53. The van der Waals surface area contributed by atoms with Crippen molar-refractivity contribution in [2.45, 2.75) is 58.9 Å². The number of nitrogens with one attached hydrogen (secondary N) is 1.